The van der Waals surface area contributed by atoms with E-state index in [9.17, 15) is 4.39 Å². The average molecular weight is 252 g/mol. The van der Waals surface area contributed by atoms with Crippen molar-refractivity contribution in [2.45, 2.75) is 12.8 Å². The monoisotopic (exact) mass is 252 g/mol. The van der Waals surface area contributed by atoms with E-state index in [0.29, 0.717) is 5.56 Å². The standard InChI is InChI=1S/C11H13FN4S/c1-13-4-2-3-10-15-16-11(17-10)8-5-9(12)7-14-6-8/h5-7,13H,2-4H2,1H3. The maximum atomic E-state index is 13.0. The summed E-state index contributed by atoms with van der Waals surface area (Å²) in [6, 6.07) is 1.42. The number of aromatic nitrogens is 3. The van der Waals surface area contributed by atoms with Gasteiger partial charge in [-0.2, -0.15) is 0 Å². The number of hydrogen-bond acceptors (Lipinski definition) is 5. The van der Waals surface area contributed by atoms with Crippen molar-refractivity contribution in [1.29, 1.82) is 0 Å². The van der Waals surface area contributed by atoms with E-state index in [1.54, 1.807) is 6.20 Å². The van der Waals surface area contributed by atoms with Crippen LogP contribution in [0.3, 0.4) is 0 Å². The molecule has 2 aromatic heterocycles. The Balaban J connectivity index is 2.07. The molecule has 6 heteroatoms. The van der Waals surface area contributed by atoms with Crippen LogP contribution in [0.4, 0.5) is 4.39 Å². The summed E-state index contributed by atoms with van der Waals surface area (Å²) in [5, 5.41) is 12.9. The lowest BCUT2D eigenvalue weighted by Crippen LogP contribution is -2.08. The van der Waals surface area contributed by atoms with Crippen molar-refractivity contribution in [2.75, 3.05) is 13.6 Å². The second-order valence-electron chi connectivity index (χ2n) is 3.60. The number of nitrogens with one attached hydrogen (secondary N) is 1. The smallest absolute Gasteiger partial charge is 0.149 e. The van der Waals surface area contributed by atoms with Crippen LogP contribution in [-0.2, 0) is 6.42 Å². The molecule has 0 amide bonds. The molecule has 0 saturated heterocycles. The fourth-order valence-electron chi connectivity index (χ4n) is 1.42. The van der Waals surface area contributed by atoms with E-state index in [4.69, 9.17) is 0 Å². The van der Waals surface area contributed by atoms with Gasteiger partial charge in [-0.15, -0.1) is 10.2 Å². The molecule has 0 spiro atoms. The van der Waals surface area contributed by atoms with Crippen LogP contribution in [0.15, 0.2) is 18.5 Å². The number of nitrogens with zero attached hydrogens (tertiary/aromatic N) is 3. The fourth-order valence-corrected chi connectivity index (χ4v) is 2.28. The number of halogens is 1. The summed E-state index contributed by atoms with van der Waals surface area (Å²) < 4.78 is 13.0. The molecule has 2 aromatic rings. The van der Waals surface area contributed by atoms with Crippen molar-refractivity contribution in [3.05, 3.63) is 29.3 Å². The zero-order chi connectivity index (χ0) is 12.1. The van der Waals surface area contributed by atoms with Crippen LogP contribution in [0.25, 0.3) is 10.6 Å². The van der Waals surface area contributed by atoms with Crippen molar-refractivity contribution < 1.29 is 4.39 Å². The van der Waals surface area contributed by atoms with Gasteiger partial charge >= 0.3 is 0 Å². The number of rotatable bonds is 5. The highest BCUT2D eigenvalue weighted by Gasteiger charge is 2.07. The first-order valence-electron chi connectivity index (χ1n) is 5.37. The van der Waals surface area contributed by atoms with Crippen LogP contribution in [0, 0.1) is 5.82 Å². The van der Waals surface area contributed by atoms with Gasteiger partial charge in [0.15, 0.2) is 0 Å². The van der Waals surface area contributed by atoms with Gasteiger partial charge in [-0.25, -0.2) is 4.39 Å². The molecule has 90 valence electrons. The third-order valence-electron chi connectivity index (χ3n) is 2.24. The van der Waals surface area contributed by atoms with E-state index >= 15 is 0 Å². The molecule has 0 bridgehead atoms. The van der Waals surface area contributed by atoms with Crippen LogP contribution in [0.2, 0.25) is 0 Å². The Morgan fingerprint density at radius 1 is 1.35 bits per heavy atom. The topological polar surface area (TPSA) is 50.7 Å². The highest BCUT2D eigenvalue weighted by atomic mass is 32.1. The first-order valence-corrected chi connectivity index (χ1v) is 6.19. The van der Waals surface area contributed by atoms with E-state index in [0.717, 1.165) is 29.4 Å². The molecule has 0 aliphatic rings. The molecule has 2 rings (SSSR count). The molecular formula is C11H13FN4S. The van der Waals surface area contributed by atoms with Crippen molar-refractivity contribution in [1.82, 2.24) is 20.5 Å². The fraction of sp³-hybridized carbons (Fsp3) is 0.364. The maximum absolute atomic E-state index is 13.0. The predicted octanol–water partition coefficient (Wildman–Crippen LogP) is 1.89. The summed E-state index contributed by atoms with van der Waals surface area (Å²) in [6.07, 6.45) is 4.69. The lowest BCUT2D eigenvalue weighted by Gasteiger charge is -1.95. The zero-order valence-corrected chi connectivity index (χ0v) is 10.3. The van der Waals surface area contributed by atoms with Crippen molar-refractivity contribution in [3.8, 4) is 10.6 Å². The van der Waals surface area contributed by atoms with Crippen molar-refractivity contribution >= 4 is 11.3 Å². The minimum atomic E-state index is -0.352. The molecule has 0 unspecified atom stereocenters. The molecule has 0 atom stereocenters. The largest absolute Gasteiger partial charge is 0.320 e. The molecule has 4 nitrogen and oxygen atoms in total. The summed E-state index contributed by atoms with van der Waals surface area (Å²) in [5.74, 6) is -0.352. The Kier molecular flexibility index (Phi) is 4.11. The van der Waals surface area contributed by atoms with Crippen LogP contribution in [-0.4, -0.2) is 28.8 Å². The SMILES string of the molecule is CNCCCc1nnc(-c2cncc(F)c2)s1. The second-order valence-corrected chi connectivity index (χ2v) is 4.66. The first kappa shape index (κ1) is 12.1. The van der Waals surface area contributed by atoms with Gasteiger partial charge in [0.1, 0.15) is 15.8 Å². The number of aryl methyl sites for hydroxylation is 1. The molecule has 0 radical (unpaired) electrons. The van der Waals surface area contributed by atoms with E-state index < -0.39 is 0 Å². The quantitative estimate of drug-likeness (QED) is 0.826. The summed E-state index contributed by atoms with van der Waals surface area (Å²) in [4.78, 5) is 3.80. The third-order valence-corrected chi connectivity index (χ3v) is 3.27. The third kappa shape index (κ3) is 3.28. The van der Waals surface area contributed by atoms with Crippen LogP contribution in [0.1, 0.15) is 11.4 Å². The van der Waals surface area contributed by atoms with E-state index in [2.05, 4.69) is 20.5 Å². The van der Waals surface area contributed by atoms with Gasteiger partial charge in [0, 0.05) is 18.2 Å². The normalized spacial score (nSPS) is 10.7. The molecule has 0 saturated carbocycles. The van der Waals surface area contributed by atoms with Gasteiger partial charge in [0.2, 0.25) is 0 Å². The van der Waals surface area contributed by atoms with Gasteiger partial charge in [-0.1, -0.05) is 11.3 Å². The van der Waals surface area contributed by atoms with Crippen molar-refractivity contribution in [2.24, 2.45) is 0 Å². The van der Waals surface area contributed by atoms with Crippen LogP contribution >= 0.6 is 11.3 Å². The highest BCUT2D eigenvalue weighted by molar-refractivity contribution is 7.14. The second kappa shape index (κ2) is 5.79. The number of pyridine rings is 1. The lowest BCUT2D eigenvalue weighted by atomic mass is 10.3. The molecule has 2 heterocycles. The molecule has 1 N–H and O–H groups in total. The molecule has 0 fully saturated rings. The van der Waals surface area contributed by atoms with E-state index in [1.807, 2.05) is 7.05 Å². The highest BCUT2D eigenvalue weighted by Crippen LogP contribution is 2.23. The summed E-state index contributed by atoms with van der Waals surface area (Å²) in [6.45, 7) is 0.955. The Bertz CT molecular complexity index is 486. The first-order chi connectivity index (χ1) is 8.29. The molecule has 0 aliphatic heterocycles. The van der Waals surface area contributed by atoms with Gasteiger partial charge in [0.25, 0.3) is 0 Å². The molecule has 17 heavy (non-hydrogen) atoms. The van der Waals surface area contributed by atoms with Gasteiger partial charge < -0.3 is 5.32 Å². The summed E-state index contributed by atoms with van der Waals surface area (Å²) in [5.41, 5.74) is 0.683. The minimum Gasteiger partial charge on any atom is -0.320 e. The van der Waals surface area contributed by atoms with Crippen molar-refractivity contribution in [3.63, 3.8) is 0 Å². The molecule has 0 aromatic carbocycles. The summed E-state index contributed by atoms with van der Waals surface area (Å²) in [7, 11) is 1.92. The van der Waals surface area contributed by atoms with Gasteiger partial charge in [-0.3, -0.25) is 4.98 Å². The van der Waals surface area contributed by atoms with E-state index in [1.165, 1.54) is 23.6 Å². The Morgan fingerprint density at radius 2 is 2.24 bits per heavy atom. The van der Waals surface area contributed by atoms with Crippen LogP contribution in [0.5, 0.6) is 0 Å². The van der Waals surface area contributed by atoms with Gasteiger partial charge in [-0.05, 0) is 26.1 Å². The Labute approximate surface area is 103 Å². The minimum absolute atomic E-state index is 0.352. The Morgan fingerprint density at radius 3 is 3.00 bits per heavy atom. The van der Waals surface area contributed by atoms with Crippen LogP contribution < -0.4 is 5.32 Å². The number of hydrogen-bond donors (Lipinski definition) is 1. The molecule has 0 aliphatic carbocycles. The Hall–Kier alpha value is -1.40. The molecular weight excluding hydrogens is 239 g/mol. The predicted molar refractivity (Wildman–Crippen MR) is 65.3 cm³/mol. The zero-order valence-electron chi connectivity index (χ0n) is 9.48. The van der Waals surface area contributed by atoms with Gasteiger partial charge in [0.05, 0.1) is 6.20 Å². The lowest BCUT2D eigenvalue weighted by molar-refractivity contribution is 0.622. The summed E-state index contributed by atoms with van der Waals surface area (Å²) >= 11 is 1.49. The van der Waals surface area contributed by atoms with E-state index in [-0.39, 0.29) is 5.82 Å². The maximum Gasteiger partial charge on any atom is 0.149 e. The average Bonchev–Trinajstić information content (AvgIpc) is 2.78.